The Bertz CT molecular complexity index is 434. The summed E-state index contributed by atoms with van der Waals surface area (Å²) >= 11 is 0. The lowest BCUT2D eigenvalue weighted by atomic mass is 9.99. The van der Waals surface area contributed by atoms with Crippen LogP contribution >= 0.6 is 0 Å². The topological polar surface area (TPSA) is 43.8 Å². The quantitative estimate of drug-likeness (QED) is 0.874. The first-order chi connectivity index (χ1) is 10.3. The van der Waals surface area contributed by atoms with E-state index in [0.29, 0.717) is 19.1 Å². The number of nitrogens with zero attached hydrogens (tertiary/aromatic N) is 2. The summed E-state index contributed by atoms with van der Waals surface area (Å²) in [7, 11) is 0. The van der Waals surface area contributed by atoms with E-state index in [9.17, 15) is 9.90 Å². The Morgan fingerprint density at radius 3 is 2.76 bits per heavy atom. The minimum Gasteiger partial charge on any atom is -0.396 e. The maximum Gasteiger partial charge on any atom is 0.241 e. The highest BCUT2D eigenvalue weighted by molar-refractivity contribution is 5.94. The largest absolute Gasteiger partial charge is 0.396 e. The highest BCUT2D eigenvalue weighted by Gasteiger charge is 2.25. The van der Waals surface area contributed by atoms with Gasteiger partial charge >= 0.3 is 0 Å². The molecule has 0 spiro atoms. The van der Waals surface area contributed by atoms with Crippen molar-refractivity contribution in [1.29, 1.82) is 0 Å². The van der Waals surface area contributed by atoms with Gasteiger partial charge < -0.3 is 10.0 Å². The summed E-state index contributed by atoms with van der Waals surface area (Å²) in [4.78, 5) is 16.7. The van der Waals surface area contributed by atoms with Crippen molar-refractivity contribution in [1.82, 2.24) is 4.90 Å². The summed E-state index contributed by atoms with van der Waals surface area (Å²) < 4.78 is 0. The third-order valence-electron chi connectivity index (χ3n) is 4.23. The van der Waals surface area contributed by atoms with Crippen molar-refractivity contribution < 1.29 is 9.90 Å². The molecule has 1 N–H and O–H groups in total. The molecule has 1 aliphatic heterocycles. The number of anilines is 1. The van der Waals surface area contributed by atoms with Crippen LogP contribution in [0.2, 0.25) is 0 Å². The fraction of sp³-hybridized carbons (Fsp3) is 0.588. The lowest BCUT2D eigenvalue weighted by molar-refractivity contribution is -0.120. The lowest BCUT2D eigenvalue weighted by Crippen LogP contribution is -2.47. The second-order valence-electron chi connectivity index (χ2n) is 5.61. The Labute approximate surface area is 127 Å². The molecule has 2 rings (SSSR count). The summed E-state index contributed by atoms with van der Waals surface area (Å²) in [5, 5.41) is 9.18. The van der Waals surface area contributed by atoms with Gasteiger partial charge in [0.25, 0.3) is 0 Å². The number of carbonyl (C=O) groups is 1. The molecule has 1 aromatic carbocycles. The smallest absolute Gasteiger partial charge is 0.241 e. The summed E-state index contributed by atoms with van der Waals surface area (Å²) in [5.74, 6) is 0.147. The minimum atomic E-state index is 0.147. The molecule has 1 aromatic rings. The number of para-hydroxylation sites is 1. The fourth-order valence-corrected chi connectivity index (χ4v) is 3.11. The summed E-state index contributed by atoms with van der Waals surface area (Å²) in [6.07, 6.45) is 4.20. The third-order valence-corrected chi connectivity index (χ3v) is 4.23. The monoisotopic (exact) mass is 290 g/mol. The van der Waals surface area contributed by atoms with E-state index < -0.39 is 0 Å². The zero-order valence-corrected chi connectivity index (χ0v) is 12.9. The van der Waals surface area contributed by atoms with Gasteiger partial charge in [0.2, 0.25) is 5.91 Å². The van der Waals surface area contributed by atoms with Crippen LogP contribution in [0.15, 0.2) is 30.3 Å². The molecule has 4 heteroatoms. The van der Waals surface area contributed by atoms with E-state index in [1.54, 1.807) is 0 Å². The predicted octanol–water partition coefficient (Wildman–Crippen LogP) is 2.28. The van der Waals surface area contributed by atoms with Gasteiger partial charge in [-0.3, -0.25) is 9.69 Å². The Morgan fingerprint density at radius 2 is 2.10 bits per heavy atom. The van der Waals surface area contributed by atoms with Crippen LogP contribution in [0.4, 0.5) is 5.69 Å². The van der Waals surface area contributed by atoms with E-state index >= 15 is 0 Å². The fourth-order valence-electron chi connectivity index (χ4n) is 3.11. The van der Waals surface area contributed by atoms with E-state index in [0.717, 1.165) is 31.5 Å². The van der Waals surface area contributed by atoms with Crippen molar-refractivity contribution in [2.45, 2.75) is 38.6 Å². The Kier molecular flexibility index (Phi) is 6.21. The Morgan fingerprint density at radius 1 is 1.33 bits per heavy atom. The normalized spacial score (nSPS) is 19.4. The maximum absolute atomic E-state index is 12.6. The second kappa shape index (κ2) is 8.15. The number of benzene rings is 1. The van der Waals surface area contributed by atoms with Gasteiger partial charge in [0.05, 0.1) is 6.54 Å². The van der Waals surface area contributed by atoms with Crippen molar-refractivity contribution >= 4 is 11.6 Å². The first-order valence-corrected chi connectivity index (χ1v) is 7.96. The number of hydrogen-bond donors (Lipinski definition) is 1. The molecule has 0 radical (unpaired) electrons. The first kappa shape index (κ1) is 16.0. The average molecular weight is 290 g/mol. The molecule has 1 heterocycles. The van der Waals surface area contributed by atoms with Gasteiger partial charge in [-0.1, -0.05) is 24.6 Å². The van der Waals surface area contributed by atoms with E-state index in [-0.39, 0.29) is 12.5 Å². The van der Waals surface area contributed by atoms with Gasteiger partial charge in [-0.2, -0.15) is 0 Å². The maximum atomic E-state index is 12.6. The van der Waals surface area contributed by atoms with Crippen LogP contribution < -0.4 is 4.90 Å². The Hall–Kier alpha value is -1.39. The molecule has 0 aromatic heterocycles. The molecule has 1 unspecified atom stereocenters. The molecule has 0 saturated carbocycles. The Balaban J connectivity index is 2.01. The average Bonchev–Trinajstić information content (AvgIpc) is 2.51. The number of likely N-dealkylation sites (N-methyl/N-ethyl adjacent to an activating group) is 1. The van der Waals surface area contributed by atoms with Crippen LogP contribution in [0, 0.1) is 0 Å². The summed E-state index contributed by atoms with van der Waals surface area (Å²) in [6, 6.07) is 10.2. The van der Waals surface area contributed by atoms with Crippen LogP contribution in [-0.2, 0) is 4.79 Å². The molecule has 1 fully saturated rings. The highest BCUT2D eigenvalue weighted by Crippen LogP contribution is 2.20. The van der Waals surface area contributed by atoms with Crippen LogP contribution in [0.5, 0.6) is 0 Å². The first-order valence-electron chi connectivity index (χ1n) is 7.96. The molecule has 116 valence electrons. The van der Waals surface area contributed by atoms with Crippen molar-refractivity contribution in [3.63, 3.8) is 0 Å². The van der Waals surface area contributed by atoms with Crippen molar-refractivity contribution in [2.24, 2.45) is 0 Å². The number of amides is 1. The molecule has 0 bridgehead atoms. The minimum absolute atomic E-state index is 0.147. The van der Waals surface area contributed by atoms with Crippen molar-refractivity contribution in [3.8, 4) is 0 Å². The summed E-state index contributed by atoms with van der Waals surface area (Å²) in [5.41, 5.74) is 0.959. The van der Waals surface area contributed by atoms with Gasteiger partial charge in [0.15, 0.2) is 0 Å². The van der Waals surface area contributed by atoms with Gasteiger partial charge in [-0.15, -0.1) is 0 Å². The molecule has 21 heavy (non-hydrogen) atoms. The zero-order chi connectivity index (χ0) is 15.1. The van der Waals surface area contributed by atoms with E-state index in [1.807, 2.05) is 42.2 Å². The van der Waals surface area contributed by atoms with Crippen LogP contribution in [-0.4, -0.2) is 48.2 Å². The number of hydrogen-bond acceptors (Lipinski definition) is 3. The van der Waals surface area contributed by atoms with Gasteiger partial charge in [0.1, 0.15) is 0 Å². The van der Waals surface area contributed by atoms with Crippen LogP contribution in [0.1, 0.15) is 32.6 Å². The molecule has 4 nitrogen and oxygen atoms in total. The predicted molar refractivity (Wildman–Crippen MR) is 85.4 cm³/mol. The molecular weight excluding hydrogens is 264 g/mol. The van der Waals surface area contributed by atoms with Gasteiger partial charge in [-0.25, -0.2) is 0 Å². The third kappa shape index (κ3) is 4.29. The molecule has 1 atom stereocenters. The molecule has 0 aliphatic carbocycles. The number of carbonyl (C=O) groups excluding carboxylic acids is 1. The van der Waals surface area contributed by atoms with Crippen molar-refractivity contribution in [3.05, 3.63) is 30.3 Å². The van der Waals surface area contributed by atoms with E-state index in [1.165, 1.54) is 6.42 Å². The highest BCUT2D eigenvalue weighted by atomic mass is 16.3. The van der Waals surface area contributed by atoms with Crippen LogP contribution in [0.25, 0.3) is 0 Å². The zero-order valence-electron chi connectivity index (χ0n) is 12.9. The number of piperidine rings is 1. The van der Waals surface area contributed by atoms with Gasteiger partial charge in [0, 0.05) is 24.9 Å². The molecule has 1 amide bonds. The standard InChI is InChI=1S/C17H26N2O2/c1-2-19(16-9-4-3-5-10-16)17(21)14-18-12-7-6-8-15(18)11-13-20/h3-5,9-10,15,20H,2,6-8,11-14H2,1H3. The van der Waals surface area contributed by atoms with Gasteiger partial charge in [-0.05, 0) is 44.9 Å². The lowest BCUT2D eigenvalue weighted by Gasteiger charge is -2.36. The molecule has 1 saturated heterocycles. The molecular formula is C17H26N2O2. The van der Waals surface area contributed by atoms with Crippen LogP contribution in [0.3, 0.4) is 0 Å². The number of likely N-dealkylation sites (tertiary alicyclic amines) is 1. The number of aliphatic hydroxyl groups excluding tert-OH is 1. The van der Waals surface area contributed by atoms with E-state index in [4.69, 9.17) is 0 Å². The second-order valence-corrected chi connectivity index (χ2v) is 5.61. The van der Waals surface area contributed by atoms with E-state index in [2.05, 4.69) is 4.90 Å². The SMILES string of the molecule is CCN(C(=O)CN1CCCCC1CCO)c1ccccc1. The summed E-state index contributed by atoms with van der Waals surface area (Å²) in [6.45, 7) is 4.30. The number of rotatable bonds is 6. The number of aliphatic hydroxyl groups is 1. The molecule has 1 aliphatic rings. The van der Waals surface area contributed by atoms with Crippen molar-refractivity contribution in [2.75, 3.05) is 31.1 Å².